The number of likely N-dealkylation sites (tertiary alicyclic amines) is 1. The van der Waals surface area contributed by atoms with Gasteiger partial charge in [0.2, 0.25) is 5.91 Å². The summed E-state index contributed by atoms with van der Waals surface area (Å²) in [4.78, 5) is 43.6. The lowest BCUT2D eigenvalue weighted by Gasteiger charge is -2.27. The van der Waals surface area contributed by atoms with Gasteiger partial charge in [0.15, 0.2) is 5.17 Å². The Morgan fingerprint density at radius 2 is 1.87 bits per heavy atom. The largest absolute Gasteiger partial charge is 0.352 e. The Hall–Kier alpha value is -2.35. The molecule has 0 radical (unpaired) electrons. The molecule has 3 aliphatic rings. The first-order valence-corrected chi connectivity index (χ1v) is 12.2. The maximum absolute atomic E-state index is 12.5. The molecular formula is C23H30N4O3S. The van der Waals surface area contributed by atoms with Crippen LogP contribution in [0.3, 0.4) is 0 Å². The van der Waals surface area contributed by atoms with E-state index in [4.69, 9.17) is 0 Å². The number of benzene rings is 1. The fourth-order valence-corrected chi connectivity index (χ4v) is 5.52. The van der Waals surface area contributed by atoms with Gasteiger partial charge in [-0.1, -0.05) is 30.7 Å². The first kappa shape index (κ1) is 21.9. The standard InChI is InChI=1S/C23H30N4O3S/c28-20(14-19-22(30)26-23(31-19)27-11-4-1-5-12-27)25-18-10-6-9-17(13-18)21(29)24-15-16-7-2-3-8-16/h6,9-10,13,16,19H,1-5,7-8,11-12,14-15H2,(H,24,29)(H,25,28). The van der Waals surface area contributed by atoms with Gasteiger partial charge in [-0.15, -0.1) is 0 Å². The fraction of sp³-hybridized carbons (Fsp3) is 0.565. The van der Waals surface area contributed by atoms with E-state index in [0.717, 1.165) is 31.1 Å². The number of carbonyl (C=O) groups excluding carboxylic acids is 3. The Morgan fingerprint density at radius 1 is 1.10 bits per heavy atom. The minimum absolute atomic E-state index is 0.0719. The van der Waals surface area contributed by atoms with Gasteiger partial charge in [0.05, 0.1) is 0 Å². The van der Waals surface area contributed by atoms with Gasteiger partial charge in [-0.3, -0.25) is 14.4 Å². The molecule has 1 atom stereocenters. The SMILES string of the molecule is O=C(CC1SC(N2CCCCC2)=NC1=O)Nc1cccc(C(=O)NCC2CCCC2)c1. The minimum atomic E-state index is -0.477. The van der Waals surface area contributed by atoms with Crippen molar-refractivity contribution >= 4 is 40.3 Å². The number of nitrogens with one attached hydrogen (secondary N) is 2. The molecule has 0 aromatic heterocycles. The third kappa shape index (κ3) is 5.87. The Morgan fingerprint density at radius 3 is 2.65 bits per heavy atom. The Balaban J connectivity index is 1.27. The van der Waals surface area contributed by atoms with E-state index in [2.05, 4.69) is 20.5 Å². The molecule has 2 fully saturated rings. The first-order chi connectivity index (χ1) is 15.1. The maximum Gasteiger partial charge on any atom is 0.262 e. The molecule has 0 spiro atoms. The summed E-state index contributed by atoms with van der Waals surface area (Å²) in [6, 6.07) is 6.94. The highest BCUT2D eigenvalue weighted by Gasteiger charge is 2.33. The van der Waals surface area contributed by atoms with Crippen LogP contribution in [0.5, 0.6) is 0 Å². The molecule has 4 rings (SSSR count). The lowest BCUT2D eigenvalue weighted by molar-refractivity contribution is -0.121. The molecule has 31 heavy (non-hydrogen) atoms. The van der Waals surface area contributed by atoms with Crippen molar-refractivity contribution in [3.63, 3.8) is 0 Å². The number of piperidine rings is 1. The number of hydrogen-bond acceptors (Lipinski definition) is 5. The zero-order valence-electron chi connectivity index (χ0n) is 17.8. The van der Waals surface area contributed by atoms with E-state index in [0.29, 0.717) is 23.7 Å². The molecule has 0 bridgehead atoms. The van der Waals surface area contributed by atoms with Crippen LogP contribution in [-0.2, 0) is 9.59 Å². The molecule has 166 valence electrons. The number of carbonyl (C=O) groups is 3. The highest BCUT2D eigenvalue weighted by atomic mass is 32.2. The fourth-order valence-electron chi connectivity index (χ4n) is 4.40. The zero-order valence-corrected chi connectivity index (χ0v) is 18.6. The topological polar surface area (TPSA) is 90.9 Å². The lowest BCUT2D eigenvalue weighted by atomic mass is 10.1. The van der Waals surface area contributed by atoms with E-state index in [1.165, 1.54) is 43.9 Å². The molecule has 1 aromatic carbocycles. The highest BCUT2D eigenvalue weighted by molar-refractivity contribution is 8.15. The van der Waals surface area contributed by atoms with Crippen LogP contribution in [0.2, 0.25) is 0 Å². The Kier molecular flexibility index (Phi) is 7.27. The number of anilines is 1. The quantitative estimate of drug-likeness (QED) is 0.704. The lowest BCUT2D eigenvalue weighted by Crippen LogP contribution is -2.33. The van der Waals surface area contributed by atoms with E-state index < -0.39 is 5.25 Å². The van der Waals surface area contributed by atoms with Crippen molar-refractivity contribution in [2.24, 2.45) is 10.9 Å². The number of aliphatic imine (C=N–C) groups is 1. The van der Waals surface area contributed by atoms with Gasteiger partial charge in [0.1, 0.15) is 5.25 Å². The van der Waals surface area contributed by atoms with E-state index in [9.17, 15) is 14.4 Å². The van der Waals surface area contributed by atoms with Crippen molar-refractivity contribution in [3.8, 4) is 0 Å². The number of rotatable bonds is 6. The van der Waals surface area contributed by atoms with E-state index >= 15 is 0 Å². The summed E-state index contributed by atoms with van der Waals surface area (Å²) in [6.45, 7) is 2.55. The summed E-state index contributed by atoms with van der Waals surface area (Å²) in [7, 11) is 0. The average molecular weight is 443 g/mol. The van der Waals surface area contributed by atoms with Gasteiger partial charge in [-0.05, 0) is 56.2 Å². The van der Waals surface area contributed by atoms with Crippen LogP contribution in [0.1, 0.15) is 61.7 Å². The third-order valence-electron chi connectivity index (χ3n) is 6.16. The minimum Gasteiger partial charge on any atom is -0.352 e. The summed E-state index contributed by atoms with van der Waals surface area (Å²) in [5.41, 5.74) is 1.09. The summed E-state index contributed by atoms with van der Waals surface area (Å²) in [5.74, 6) is -0.0281. The van der Waals surface area contributed by atoms with Crippen LogP contribution in [0.25, 0.3) is 0 Å². The van der Waals surface area contributed by atoms with Gasteiger partial charge >= 0.3 is 0 Å². The normalized spacial score (nSPS) is 21.8. The molecule has 7 nitrogen and oxygen atoms in total. The van der Waals surface area contributed by atoms with Crippen molar-refractivity contribution in [1.29, 1.82) is 0 Å². The molecule has 3 amide bonds. The highest BCUT2D eigenvalue weighted by Crippen LogP contribution is 2.29. The number of hydrogen-bond donors (Lipinski definition) is 2. The average Bonchev–Trinajstić information content (AvgIpc) is 3.43. The second-order valence-electron chi connectivity index (χ2n) is 8.58. The van der Waals surface area contributed by atoms with Crippen molar-refractivity contribution in [3.05, 3.63) is 29.8 Å². The van der Waals surface area contributed by atoms with Crippen molar-refractivity contribution in [2.75, 3.05) is 25.0 Å². The smallest absolute Gasteiger partial charge is 0.262 e. The molecular weight excluding hydrogens is 412 g/mol. The molecule has 8 heteroatoms. The zero-order chi connectivity index (χ0) is 21.6. The maximum atomic E-state index is 12.5. The monoisotopic (exact) mass is 442 g/mol. The number of amides is 3. The van der Waals surface area contributed by atoms with Crippen LogP contribution < -0.4 is 10.6 Å². The molecule has 1 unspecified atom stereocenters. The van der Waals surface area contributed by atoms with Crippen molar-refractivity contribution in [1.82, 2.24) is 10.2 Å². The molecule has 2 heterocycles. The van der Waals surface area contributed by atoms with Gasteiger partial charge in [0.25, 0.3) is 11.8 Å². The van der Waals surface area contributed by atoms with Gasteiger partial charge in [0, 0.05) is 37.3 Å². The summed E-state index contributed by atoms with van der Waals surface area (Å²) < 4.78 is 0. The number of amidine groups is 1. The molecule has 2 N–H and O–H groups in total. The Bertz CT molecular complexity index is 860. The van der Waals surface area contributed by atoms with E-state index in [1.54, 1.807) is 24.3 Å². The van der Waals surface area contributed by atoms with Crippen molar-refractivity contribution in [2.45, 2.75) is 56.6 Å². The summed E-state index contributed by atoms with van der Waals surface area (Å²) >= 11 is 1.39. The molecule has 1 aromatic rings. The molecule has 1 saturated carbocycles. The summed E-state index contributed by atoms with van der Waals surface area (Å²) in [5, 5.41) is 6.11. The second-order valence-corrected chi connectivity index (χ2v) is 9.75. The molecule has 2 aliphatic heterocycles. The van der Waals surface area contributed by atoms with Gasteiger partial charge in [-0.2, -0.15) is 4.99 Å². The van der Waals surface area contributed by atoms with Gasteiger partial charge < -0.3 is 15.5 Å². The third-order valence-corrected chi connectivity index (χ3v) is 7.37. The van der Waals surface area contributed by atoms with E-state index in [1.807, 2.05) is 0 Å². The van der Waals surface area contributed by atoms with Crippen LogP contribution in [0.15, 0.2) is 29.3 Å². The van der Waals surface area contributed by atoms with Crippen LogP contribution in [0.4, 0.5) is 5.69 Å². The van der Waals surface area contributed by atoms with Crippen LogP contribution in [0, 0.1) is 5.92 Å². The predicted molar refractivity (Wildman–Crippen MR) is 123 cm³/mol. The number of thioether (sulfide) groups is 1. The summed E-state index contributed by atoms with van der Waals surface area (Å²) in [6.07, 6.45) is 8.36. The second kappa shape index (κ2) is 10.3. The van der Waals surface area contributed by atoms with Crippen LogP contribution >= 0.6 is 11.8 Å². The Labute approximate surface area is 187 Å². The van der Waals surface area contributed by atoms with E-state index in [-0.39, 0.29) is 24.1 Å². The first-order valence-electron chi connectivity index (χ1n) is 11.3. The van der Waals surface area contributed by atoms with Crippen LogP contribution in [-0.4, -0.2) is 52.7 Å². The van der Waals surface area contributed by atoms with Gasteiger partial charge in [-0.25, -0.2) is 0 Å². The predicted octanol–water partition coefficient (Wildman–Crippen LogP) is 3.42. The van der Waals surface area contributed by atoms with Crippen molar-refractivity contribution < 1.29 is 14.4 Å². The molecule has 1 saturated heterocycles. The number of nitrogens with zero attached hydrogens (tertiary/aromatic N) is 2. The molecule has 1 aliphatic carbocycles.